The first kappa shape index (κ1) is 23.6. The van der Waals surface area contributed by atoms with Crippen molar-refractivity contribution < 1.29 is 19.8 Å². The van der Waals surface area contributed by atoms with Gasteiger partial charge in [-0.15, -0.1) is 0 Å². The van der Waals surface area contributed by atoms with E-state index >= 15 is 0 Å². The molecule has 0 bridgehead atoms. The standard InChI is InChI=1S/C26H32N2O4/c1-15(23-19(29)11-25(3,4)12-20(23)30)27-17-7-9-18(10-8-17)28-16(2)24-21(31)13-26(5,6)14-22(24)32/h7-10,29,31H,11-14H2,1-6H3. The predicted octanol–water partition coefficient (Wildman–Crippen LogP) is 6.27. The highest BCUT2D eigenvalue weighted by Gasteiger charge is 2.35. The average Bonchev–Trinajstić information content (AvgIpc) is 2.59. The number of hydrogen-bond donors (Lipinski definition) is 2. The predicted molar refractivity (Wildman–Crippen MR) is 127 cm³/mol. The van der Waals surface area contributed by atoms with Gasteiger partial charge in [0.15, 0.2) is 11.6 Å². The number of Topliss-reactive ketones (excluding diaryl/α,β-unsaturated/α-hetero) is 2. The van der Waals surface area contributed by atoms with Crippen molar-refractivity contribution >= 4 is 34.4 Å². The third-order valence-corrected chi connectivity index (χ3v) is 5.87. The fourth-order valence-electron chi connectivity index (χ4n) is 4.50. The van der Waals surface area contributed by atoms with E-state index < -0.39 is 0 Å². The van der Waals surface area contributed by atoms with Crippen molar-refractivity contribution in [2.45, 2.75) is 67.2 Å². The van der Waals surface area contributed by atoms with Gasteiger partial charge in [0.05, 0.1) is 33.9 Å². The molecular formula is C26H32N2O4. The van der Waals surface area contributed by atoms with Gasteiger partial charge in [-0.05, 0) is 48.9 Å². The summed E-state index contributed by atoms with van der Waals surface area (Å²) in [6.45, 7) is 11.3. The van der Waals surface area contributed by atoms with E-state index in [1.165, 1.54) is 0 Å². The lowest BCUT2D eigenvalue weighted by molar-refractivity contribution is -0.118. The summed E-state index contributed by atoms with van der Waals surface area (Å²) in [5, 5.41) is 20.7. The molecule has 1 aromatic carbocycles. The van der Waals surface area contributed by atoms with Crippen LogP contribution in [-0.4, -0.2) is 33.2 Å². The molecule has 0 aromatic heterocycles. The van der Waals surface area contributed by atoms with Crippen molar-refractivity contribution in [1.82, 2.24) is 0 Å². The summed E-state index contributed by atoms with van der Waals surface area (Å²) >= 11 is 0. The first-order chi connectivity index (χ1) is 14.8. The molecule has 3 rings (SSSR count). The van der Waals surface area contributed by atoms with E-state index in [1.54, 1.807) is 38.1 Å². The summed E-state index contributed by atoms with van der Waals surface area (Å²) < 4.78 is 0. The first-order valence-electron chi connectivity index (χ1n) is 10.9. The summed E-state index contributed by atoms with van der Waals surface area (Å²) in [6.07, 6.45) is 1.66. The van der Waals surface area contributed by atoms with Crippen LogP contribution in [0.1, 0.15) is 67.2 Å². The second kappa shape index (κ2) is 8.49. The zero-order valence-electron chi connectivity index (χ0n) is 19.7. The van der Waals surface area contributed by atoms with Gasteiger partial charge in [0.1, 0.15) is 11.5 Å². The summed E-state index contributed by atoms with van der Waals surface area (Å²) in [6, 6.07) is 7.07. The van der Waals surface area contributed by atoms with Gasteiger partial charge in [-0.2, -0.15) is 0 Å². The molecule has 0 heterocycles. The van der Waals surface area contributed by atoms with Gasteiger partial charge in [0, 0.05) is 25.7 Å². The number of aliphatic imine (C=N–C) groups is 2. The minimum absolute atomic E-state index is 0.0924. The Morgan fingerprint density at radius 1 is 0.688 bits per heavy atom. The fourth-order valence-corrected chi connectivity index (χ4v) is 4.50. The Morgan fingerprint density at radius 2 is 1.00 bits per heavy atom. The van der Waals surface area contributed by atoms with Crippen LogP contribution in [0.4, 0.5) is 11.4 Å². The molecule has 0 atom stereocenters. The maximum absolute atomic E-state index is 12.5. The minimum Gasteiger partial charge on any atom is -0.511 e. The van der Waals surface area contributed by atoms with Crippen LogP contribution in [0.15, 0.2) is 56.9 Å². The molecule has 0 radical (unpaired) electrons. The lowest BCUT2D eigenvalue weighted by Gasteiger charge is -2.29. The van der Waals surface area contributed by atoms with Crippen LogP contribution >= 0.6 is 0 Å². The molecule has 0 saturated carbocycles. The molecule has 0 unspecified atom stereocenters. The average molecular weight is 437 g/mol. The third-order valence-electron chi connectivity index (χ3n) is 5.87. The van der Waals surface area contributed by atoms with Gasteiger partial charge in [0.25, 0.3) is 0 Å². The zero-order chi connectivity index (χ0) is 23.8. The van der Waals surface area contributed by atoms with Crippen LogP contribution in [0, 0.1) is 10.8 Å². The molecule has 0 saturated heterocycles. The molecule has 6 nitrogen and oxygen atoms in total. The van der Waals surface area contributed by atoms with Gasteiger partial charge >= 0.3 is 0 Å². The largest absolute Gasteiger partial charge is 0.511 e. The molecule has 1 aromatic rings. The van der Waals surface area contributed by atoms with Crippen LogP contribution in [0.25, 0.3) is 0 Å². The van der Waals surface area contributed by atoms with Gasteiger partial charge in [0.2, 0.25) is 0 Å². The Bertz CT molecular complexity index is 996. The number of carbonyl (C=O) groups excluding carboxylic acids is 2. The maximum Gasteiger partial charge on any atom is 0.168 e. The topological polar surface area (TPSA) is 99.3 Å². The van der Waals surface area contributed by atoms with Crippen LogP contribution in [-0.2, 0) is 9.59 Å². The number of ketones is 2. The second-order valence-corrected chi connectivity index (χ2v) is 10.4. The van der Waals surface area contributed by atoms with Crippen molar-refractivity contribution in [3.63, 3.8) is 0 Å². The molecule has 170 valence electrons. The molecule has 0 spiro atoms. The summed E-state index contributed by atoms with van der Waals surface area (Å²) in [5.74, 6) is 0.00557. The van der Waals surface area contributed by atoms with Crippen LogP contribution < -0.4 is 0 Å². The monoisotopic (exact) mass is 436 g/mol. The minimum atomic E-state index is -0.248. The van der Waals surface area contributed by atoms with Gasteiger partial charge < -0.3 is 10.2 Å². The molecule has 0 fully saturated rings. The van der Waals surface area contributed by atoms with E-state index in [2.05, 4.69) is 9.98 Å². The lowest BCUT2D eigenvalue weighted by atomic mass is 9.75. The number of hydrogen-bond acceptors (Lipinski definition) is 6. The normalized spacial score (nSPS) is 21.9. The van der Waals surface area contributed by atoms with E-state index in [1.807, 2.05) is 27.7 Å². The first-order valence-corrected chi connectivity index (χ1v) is 10.9. The summed E-state index contributed by atoms with van der Waals surface area (Å²) in [4.78, 5) is 34.0. The number of allylic oxidation sites excluding steroid dienone is 4. The van der Waals surface area contributed by atoms with Gasteiger partial charge in [-0.3, -0.25) is 19.6 Å². The smallest absolute Gasteiger partial charge is 0.168 e. The second-order valence-electron chi connectivity index (χ2n) is 10.4. The molecule has 2 aliphatic carbocycles. The van der Waals surface area contributed by atoms with Gasteiger partial charge in [-0.25, -0.2) is 0 Å². The van der Waals surface area contributed by atoms with E-state index in [0.717, 1.165) is 0 Å². The van der Waals surface area contributed by atoms with E-state index in [0.29, 0.717) is 59.6 Å². The summed E-state index contributed by atoms with van der Waals surface area (Å²) in [7, 11) is 0. The van der Waals surface area contributed by atoms with Crippen LogP contribution in [0.2, 0.25) is 0 Å². The van der Waals surface area contributed by atoms with Gasteiger partial charge in [-0.1, -0.05) is 27.7 Å². The van der Waals surface area contributed by atoms with Crippen LogP contribution in [0.5, 0.6) is 0 Å². The van der Waals surface area contributed by atoms with Crippen molar-refractivity contribution in [2.75, 3.05) is 0 Å². The summed E-state index contributed by atoms with van der Waals surface area (Å²) in [5.41, 5.74) is 2.36. The highest BCUT2D eigenvalue weighted by Crippen LogP contribution is 2.37. The Kier molecular flexibility index (Phi) is 6.27. The number of carbonyl (C=O) groups is 2. The van der Waals surface area contributed by atoms with Crippen molar-refractivity contribution in [3.8, 4) is 0 Å². The Hall–Kier alpha value is -3.02. The number of aliphatic hydroxyl groups excluding tert-OH is 2. The van der Waals surface area contributed by atoms with Crippen molar-refractivity contribution in [1.29, 1.82) is 0 Å². The molecule has 6 heteroatoms. The number of aliphatic hydroxyl groups is 2. The molecular weight excluding hydrogens is 404 g/mol. The van der Waals surface area contributed by atoms with Crippen LogP contribution in [0.3, 0.4) is 0 Å². The fraction of sp³-hybridized carbons (Fsp3) is 0.462. The molecule has 2 N–H and O–H groups in total. The molecule has 32 heavy (non-hydrogen) atoms. The quantitative estimate of drug-likeness (QED) is 0.543. The maximum atomic E-state index is 12.5. The van der Waals surface area contributed by atoms with Crippen molar-refractivity contribution in [3.05, 3.63) is 46.9 Å². The Labute approximate surface area is 189 Å². The SMILES string of the molecule is CC(=Nc1ccc(N=C(C)C2=C(O)CC(C)(C)CC2=O)cc1)C1=C(O)CC(C)(C)CC1=O. The van der Waals surface area contributed by atoms with Crippen molar-refractivity contribution in [2.24, 2.45) is 20.8 Å². The highest BCUT2D eigenvalue weighted by molar-refractivity contribution is 6.23. The highest BCUT2D eigenvalue weighted by atomic mass is 16.3. The number of benzene rings is 1. The Balaban J connectivity index is 1.83. The third kappa shape index (κ3) is 5.23. The molecule has 0 aliphatic heterocycles. The Morgan fingerprint density at radius 3 is 1.28 bits per heavy atom. The number of nitrogens with zero attached hydrogens (tertiary/aromatic N) is 2. The molecule has 2 aliphatic rings. The molecule has 0 amide bonds. The van der Waals surface area contributed by atoms with E-state index in [9.17, 15) is 19.8 Å². The van der Waals surface area contributed by atoms with E-state index in [4.69, 9.17) is 0 Å². The van der Waals surface area contributed by atoms with E-state index in [-0.39, 0.29) is 33.9 Å². The number of rotatable bonds is 4. The zero-order valence-corrected chi connectivity index (χ0v) is 19.7. The lowest BCUT2D eigenvalue weighted by Crippen LogP contribution is -2.28.